The van der Waals surface area contributed by atoms with Gasteiger partial charge in [0.15, 0.2) is 0 Å². The Morgan fingerprint density at radius 3 is 2.67 bits per heavy atom. The highest BCUT2D eigenvalue weighted by Gasteiger charge is 2.07. The van der Waals surface area contributed by atoms with Gasteiger partial charge in [0.25, 0.3) is 0 Å². The van der Waals surface area contributed by atoms with Gasteiger partial charge < -0.3 is 11.5 Å². The van der Waals surface area contributed by atoms with Crippen LogP contribution in [-0.4, -0.2) is 0 Å². The molecule has 0 aliphatic heterocycles. The molecule has 1 rings (SSSR count). The minimum Gasteiger partial charge on any atom is -0.398 e. The van der Waals surface area contributed by atoms with Crippen LogP contribution in [0.3, 0.4) is 0 Å². The summed E-state index contributed by atoms with van der Waals surface area (Å²) in [6.07, 6.45) is 0.300. The molecule has 0 unspecified atom stereocenters. The smallest absolute Gasteiger partial charge is 0.0641 e. The fourth-order valence-corrected chi connectivity index (χ4v) is 1.06. The molecular formula is C9H11N3. The molecule has 1 atom stereocenters. The zero-order valence-electron chi connectivity index (χ0n) is 6.70. The molecular weight excluding hydrogens is 150 g/mol. The number of benzene rings is 1. The average Bonchev–Trinajstić information content (AvgIpc) is 2.05. The fourth-order valence-electron chi connectivity index (χ4n) is 1.06. The first-order valence-corrected chi connectivity index (χ1v) is 3.72. The number of nitrogens with two attached hydrogens (primary N) is 2. The van der Waals surface area contributed by atoms with Gasteiger partial charge in [0, 0.05) is 11.7 Å². The molecule has 0 amide bonds. The van der Waals surface area contributed by atoms with Gasteiger partial charge in [-0.3, -0.25) is 0 Å². The molecule has 0 aliphatic carbocycles. The third-order valence-electron chi connectivity index (χ3n) is 1.71. The first-order chi connectivity index (χ1) is 5.75. The first-order valence-electron chi connectivity index (χ1n) is 3.72. The number of para-hydroxylation sites is 1. The second-order valence-corrected chi connectivity index (χ2v) is 2.60. The van der Waals surface area contributed by atoms with Crippen LogP contribution in [0, 0.1) is 11.3 Å². The Balaban J connectivity index is 2.88. The van der Waals surface area contributed by atoms with Crippen molar-refractivity contribution in [2.24, 2.45) is 5.73 Å². The second-order valence-electron chi connectivity index (χ2n) is 2.60. The third-order valence-corrected chi connectivity index (χ3v) is 1.71. The van der Waals surface area contributed by atoms with E-state index >= 15 is 0 Å². The Bertz CT molecular complexity index is 301. The van der Waals surface area contributed by atoms with Gasteiger partial charge in [-0.1, -0.05) is 18.2 Å². The van der Waals surface area contributed by atoms with Crippen molar-refractivity contribution in [2.45, 2.75) is 12.5 Å². The van der Waals surface area contributed by atoms with Gasteiger partial charge in [-0.05, 0) is 11.6 Å². The lowest BCUT2D eigenvalue weighted by Crippen LogP contribution is -2.11. The van der Waals surface area contributed by atoms with E-state index in [1.54, 1.807) is 6.07 Å². The predicted octanol–water partition coefficient (Wildman–Crippen LogP) is 1.18. The van der Waals surface area contributed by atoms with Crippen LogP contribution < -0.4 is 11.5 Å². The van der Waals surface area contributed by atoms with Crippen molar-refractivity contribution in [3.8, 4) is 6.07 Å². The minimum atomic E-state index is -0.267. The fraction of sp³-hybridized carbons (Fsp3) is 0.222. The van der Waals surface area contributed by atoms with Crippen LogP contribution in [-0.2, 0) is 0 Å². The molecule has 0 saturated heterocycles. The van der Waals surface area contributed by atoms with Crippen LogP contribution >= 0.6 is 0 Å². The van der Waals surface area contributed by atoms with Crippen LogP contribution in [0.5, 0.6) is 0 Å². The zero-order valence-corrected chi connectivity index (χ0v) is 6.70. The summed E-state index contributed by atoms with van der Waals surface area (Å²) in [5.41, 5.74) is 12.9. The highest BCUT2D eigenvalue weighted by atomic mass is 14.7. The number of hydrogen-bond acceptors (Lipinski definition) is 3. The molecule has 1 aromatic rings. The minimum absolute atomic E-state index is 0.267. The summed E-state index contributed by atoms with van der Waals surface area (Å²) < 4.78 is 0. The van der Waals surface area contributed by atoms with E-state index < -0.39 is 0 Å². The van der Waals surface area contributed by atoms with Crippen LogP contribution in [0.2, 0.25) is 0 Å². The number of rotatable bonds is 2. The van der Waals surface area contributed by atoms with Crippen molar-refractivity contribution < 1.29 is 0 Å². The maximum Gasteiger partial charge on any atom is 0.0641 e. The topological polar surface area (TPSA) is 75.8 Å². The number of nitrogen functional groups attached to an aromatic ring is 1. The molecule has 0 bridgehead atoms. The summed E-state index contributed by atoms with van der Waals surface area (Å²) in [4.78, 5) is 0. The molecule has 4 N–H and O–H groups in total. The van der Waals surface area contributed by atoms with Gasteiger partial charge in [-0.15, -0.1) is 0 Å². The van der Waals surface area contributed by atoms with E-state index in [0.29, 0.717) is 12.1 Å². The average molecular weight is 161 g/mol. The molecule has 0 fully saturated rings. The molecule has 1 aromatic carbocycles. The summed E-state index contributed by atoms with van der Waals surface area (Å²) in [6, 6.07) is 9.08. The van der Waals surface area contributed by atoms with E-state index in [9.17, 15) is 0 Å². The standard InChI is InChI=1S/C9H11N3/c10-6-5-9(12)7-3-1-2-4-8(7)11/h1-4,9H,5,11-12H2/t9-/m1/s1. The lowest BCUT2D eigenvalue weighted by molar-refractivity contribution is 0.751. The van der Waals surface area contributed by atoms with Crippen LogP contribution in [0.15, 0.2) is 24.3 Å². The lowest BCUT2D eigenvalue weighted by atomic mass is 10.0. The Kier molecular flexibility index (Phi) is 2.67. The molecule has 0 aliphatic rings. The molecule has 0 aromatic heterocycles. The van der Waals surface area contributed by atoms with E-state index in [-0.39, 0.29) is 6.04 Å². The normalized spacial score (nSPS) is 12.0. The summed E-state index contributed by atoms with van der Waals surface area (Å²) in [7, 11) is 0. The molecule has 12 heavy (non-hydrogen) atoms. The van der Waals surface area contributed by atoms with Crippen molar-refractivity contribution in [2.75, 3.05) is 5.73 Å². The number of nitrogens with zero attached hydrogens (tertiary/aromatic N) is 1. The van der Waals surface area contributed by atoms with Crippen LogP contribution in [0.4, 0.5) is 5.69 Å². The molecule has 62 valence electrons. The van der Waals surface area contributed by atoms with Crippen molar-refractivity contribution in [1.29, 1.82) is 5.26 Å². The molecule has 0 saturated carbocycles. The molecule has 0 heterocycles. The number of nitriles is 1. The van der Waals surface area contributed by atoms with Crippen molar-refractivity contribution >= 4 is 5.69 Å². The van der Waals surface area contributed by atoms with Gasteiger partial charge in [-0.2, -0.15) is 5.26 Å². The maximum atomic E-state index is 8.42. The van der Waals surface area contributed by atoms with Crippen molar-refractivity contribution in [3.63, 3.8) is 0 Å². The number of hydrogen-bond donors (Lipinski definition) is 2. The maximum absolute atomic E-state index is 8.42. The Labute approximate surface area is 71.6 Å². The second kappa shape index (κ2) is 3.74. The summed E-state index contributed by atoms with van der Waals surface area (Å²) in [5.74, 6) is 0. The van der Waals surface area contributed by atoms with Gasteiger partial charge in [0.05, 0.1) is 12.5 Å². The molecule has 3 nitrogen and oxygen atoms in total. The molecule has 0 radical (unpaired) electrons. The zero-order chi connectivity index (χ0) is 8.97. The van der Waals surface area contributed by atoms with Gasteiger partial charge in [0.2, 0.25) is 0 Å². The van der Waals surface area contributed by atoms with Crippen molar-refractivity contribution in [1.82, 2.24) is 0 Å². The van der Waals surface area contributed by atoms with E-state index in [1.165, 1.54) is 0 Å². The predicted molar refractivity (Wildman–Crippen MR) is 48.0 cm³/mol. The molecule has 3 heteroatoms. The van der Waals surface area contributed by atoms with E-state index in [0.717, 1.165) is 5.56 Å². The van der Waals surface area contributed by atoms with Crippen molar-refractivity contribution in [3.05, 3.63) is 29.8 Å². The Hall–Kier alpha value is -1.53. The van der Waals surface area contributed by atoms with Gasteiger partial charge in [-0.25, -0.2) is 0 Å². The molecule has 0 spiro atoms. The third kappa shape index (κ3) is 1.74. The van der Waals surface area contributed by atoms with Gasteiger partial charge >= 0.3 is 0 Å². The van der Waals surface area contributed by atoms with E-state index in [4.69, 9.17) is 16.7 Å². The highest BCUT2D eigenvalue weighted by Crippen LogP contribution is 2.19. The number of anilines is 1. The summed E-state index contributed by atoms with van der Waals surface area (Å²) in [6.45, 7) is 0. The quantitative estimate of drug-likeness (QED) is 0.639. The van der Waals surface area contributed by atoms with Crippen LogP contribution in [0.1, 0.15) is 18.0 Å². The Morgan fingerprint density at radius 2 is 2.08 bits per heavy atom. The lowest BCUT2D eigenvalue weighted by Gasteiger charge is -2.09. The first kappa shape index (κ1) is 8.57. The largest absolute Gasteiger partial charge is 0.398 e. The summed E-state index contributed by atoms with van der Waals surface area (Å²) in [5, 5.41) is 8.42. The monoisotopic (exact) mass is 161 g/mol. The SMILES string of the molecule is N#CC[C@@H](N)c1ccccc1N. The Morgan fingerprint density at radius 1 is 1.42 bits per heavy atom. The summed E-state index contributed by atoms with van der Waals surface area (Å²) >= 11 is 0. The van der Waals surface area contributed by atoms with Crippen LogP contribution in [0.25, 0.3) is 0 Å². The van der Waals surface area contributed by atoms with E-state index in [1.807, 2.05) is 24.3 Å². The van der Waals surface area contributed by atoms with E-state index in [2.05, 4.69) is 0 Å². The van der Waals surface area contributed by atoms with Gasteiger partial charge in [0.1, 0.15) is 0 Å². The highest BCUT2D eigenvalue weighted by molar-refractivity contribution is 5.48.